The second kappa shape index (κ2) is 6.68. The Balaban J connectivity index is 2.09. The van der Waals surface area contributed by atoms with E-state index in [0.717, 1.165) is 11.1 Å². The number of nitro benzene ring substituents is 1. The molecule has 3 rings (SSSR count). The van der Waals surface area contributed by atoms with Gasteiger partial charge >= 0.3 is 0 Å². The van der Waals surface area contributed by atoms with E-state index in [1.54, 1.807) is 19.1 Å². The lowest BCUT2D eigenvalue weighted by Crippen LogP contribution is -2.51. The molecular weight excluding hydrogens is 344 g/mol. The molecule has 2 aromatic rings. The van der Waals surface area contributed by atoms with Crippen molar-refractivity contribution in [2.24, 2.45) is 0 Å². The highest BCUT2D eigenvalue weighted by Crippen LogP contribution is 2.40. The maximum atomic E-state index is 12.9. The summed E-state index contributed by atoms with van der Waals surface area (Å²) in [5, 5.41) is 13.8. The van der Waals surface area contributed by atoms with Gasteiger partial charge in [0.25, 0.3) is 11.6 Å². The van der Waals surface area contributed by atoms with Crippen molar-refractivity contribution in [2.75, 3.05) is 0 Å². The highest BCUT2D eigenvalue weighted by Gasteiger charge is 2.39. The molecule has 0 radical (unpaired) electrons. The fraction of sp³-hybridized carbons (Fsp3) is 0.381. The van der Waals surface area contributed by atoms with Gasteiger partial charge in [-0.15, -0.1) is 0 Å². The molecule has 0 aromatic heterocycles. The predicted octanol–water partition coefficient (Wildman–Crippen LogP) is 4.84. The molecule has 0 spiro atoms. The van der Waals surface area contributed by atoms with Crippen LogP contribution in [0.25, 0.3) is 0 Å². The van der Waals surface area contributed by atoms with Gasteiger partial charge in [-0.1, -0.05) is 33.8 Å². The van der Waals surface area contributed by atoms with E-state index in [0.29, 0.717) is 22.8 Å². The molecule has 0 fully saturated rings. The first-order chi connectivity index (χ1) is 12.6. The third kappa shape index (κ3) is 3.39. The van der Waals surface area contributed by atoms with E-state index in [4.69, 9.17) is 4.74 Å². The Morgan fingerprint density at radius 1 is 1.07 bits per heavy atom. The highest BCUT2D eigenvalue weighted by atomic mass is 16.6. The van der Waals surface area contributed by atoms with Gasteiger partial charge in [-0.3, -0.25) is 14.9 Å². The normalized spacial score (nSPS) is 18.9. The van der Waals surface area contributed by atoms with Crippen LogP contribution in [0.1, 0.15) is 73.5 Å². The Labute approximate surface area is 158 Å². The van der Waals surface area contributed by atoms with Crippen LogP contribution in [0.15, 0.2) is 36.4 Å². The standard InChI is InChI=1S/C21H24N2O4/c1-12(2)14-10-17(13(3)4)19-18(11-14)20(24)22-21(5,27-19)15-6-8-16(9-7-15)23(25)26/h6-13H,1-5H3,(H,22,24)/t21-/m0/s1. The molecule has 2 aromatic carbocycles. The zero-order valence-electron chi connectivity index (χ0n) is 16.2. The van der Waals surface area contributed by atoms with E-state index < -0.39 is 10.6 Å². The number of rotatable bonds is 4. The maximum Gasteiger partial charge on any atom is 0.269 e. The number of benzene rings is 2. The van der Waals surface area contributed by atoms with Crippen LogP contribution in [-0.4, -0.2) is 10.8 Å². The van der Waals surface area contributed by atoms with Crippen LogP contribution in [-0.2, 0) is 5.72 Å². The molecule has 0 saturated heterocycles. The molecule has 0 bridgehead atoms. The summed E-state index contributed by atoms with van der Waals surface area (Å²) in [7, 11) is 0. The Hall–Kier alpha value is -2.89. The van der Waals surface area contributed by atoms with E-state index in [1.165, 1.54) is 12.1 Å². The first kappa shape index (κ1) is 18.9. The van der Waals surface area contributed by atoms with Crippen LogP contribution in [0.5, 0.6) is 5.75 Å². The van der Waals surface area contributed by atoms with Crippen LogP contribution in [0.2, 0.25) is 0 Å². The number of nitrogens with zero attached hydrogens (tertiary/aromatic N) is 1. The van der Waals surface area contributed by atoms with Crippen molar-refractivity contribution >= 4 is 11.6 Å². The quantitative estimate of drug-likeness (QED) is 0.618. The summed E-state index contributed by atoms with van der Waals surface area (Å²) in [5.41, 5.74) is 2.16. The topological polar surface area (TPSA) is 81.5 Å². The minimum Gasteiger partial charge on any atom is -0.463 e. The molecule has 1 aliphatic heterocycles. The van der Waals surface area contributed by atoms with E-state index in [1.807, 2.05) is 6.07 Å². The van der Waals surface area contributed by atoms with Crippen molar-refractivity contribution in [3.05, 3.63) is 68.8 Å². The number of carbonyl (C=O) groups excluding carboxylic acids is 1. The minimum atomic E-state index is -1.10. The number of nitro groups is 1. The van der Waals surface area contributed by atoms with E-state index in [-0.39, 0.29) is 17.5 Å². The SMILES string of the molecule is CC(C)c1cc2c(c(C(C)C)c1)O[C@@](C)(c1ccc([N+](=O)[O-])cc1)NC2=O. The van der Waals surface area contributed by atoms with E-state index >= 15 is 0 Å². The highest BCUT2D eigenvalue weighted by molar-refractivity contribution is 5.99. The summed E-state index contributed by atoms with van der Waals surface area (Å²) in [6, 6.07) is 10.0. The summed E-state index contributed by atoms with van der Waals surface area (Å²) >= 11 is 0. The predicted molar refractivity (Wildman–Crippen MR) is 103 cm³/mol. The average Bonchev–Trinajstić information content (AvgIpc) is 2.60. The van der Waals surface area contributed by atoms with Gasteiger partial charge in [-0.25, -0.2) is 0 Å². The number of non-ortho nitro benzene ring substituents is 1. The van der Waals surface area contributed by atoms with Crippen molar-refractivity contribution in [2.45, 2.75) is 52.2 Å². The number of hydrogen-bond donors (Lipinski definition) is 1. The molecular formula is C21H24N2O4. The average molecular weight is 368 g/mol. The molecule has 1 atom stereocenters. The molecule has 27 heavy (non-hydrogen) atoms. The molecule has 1 aliphatic rings. The van der Waals surface area contributed by atoms with E-state index in [9.17, 15) is 14.9 Å². The van der Waals surface area contributed by atoms with Crippen molar-refractivity contribution in [3.8, 4) is 5.75 Å². The van der Waals surface area contributed by atoms with Gasteiger partial charge in [0.05, 0.1) is 10.5 Å². The molecule has 142 valence electrons. The van der Waals surface area contributed by atoms with Crippen molar-refractivity contribution in [1.29, 1.82) is 0 Å². The number of fused-ring (bicyclic) bond motifs is 1. The molecule has 0 saturated carbocycles. The second-order valence-corrected chi connectivity index (χ2v) is 7.69. The molecule has 1 amide bonds. The lowest BCUT2D eigenvalue weighted by molar-refractivity contribution is -0.384. The zero-order chi connectivity index (χ0) is 19.9. The number of carbonyl (C=O) groups is 1. The fourth-order valence-electron chi connectivity index (χ4n) is 3.27. The number of ether oxygens (including phenoxy) is 1. The largest absolute Gasteiger partial charge is 0.463 e. The lowest BCUT2D eigenvalue weighted by Gasteiger charge is -2.38. The zero-order valence-corrected chi connectivity index (χ0v) is 16.2. The summed E-state index contributed by atoms with van der Waals surface area (Å²) in [6.45, 7) is 10.1. The van der Waals surface area contributed by atoms with Gasteiger partial charge in [-0.05, 0) is 48.1 Å². The molecule has 0 unspecified atom stereocenters. The molecule has 1 heterocycles. The van der Waals surface area contributed by atoms with E-state index in [2.05, 4.69) is 39.1 Å². The molecule has 1 N–H and O–H groups in total. The summed E-state index contributed by atoms with van der Waals surface area (Å²) in [4.78, 5) is 23.3. The minimum absolute atomic E-state index is 0.00525. The first-order valence-corrected chi connectivity index (χ1v) is 9.06. The Kier molecular flexibility index (Phi) is 4.68. The first-order valence-electron chi connectivity index (χ1n) is 9.06. The van der Waals surface area contributed by atoms with Gasteiger partial charge in [0.15, 0.2) is 0 Å². The van der Waals surface area contributed by atoms with Crippen LogP contribution < -0.4 is 10.1 Å². The number of nitrogens with one attached hydrogen (secondary N) is 1. The van der Waals surface area contributed by atoms with Gasteiger partial charge in [0.2, 0.25) is 5.72 Å². The summed E-state index contributed by atoms with van der Waals surface area (Å²) in [5.74, 6) is 0.855. The maximum absolute atomic E-state index is 12.9. The summed E-state index contributed by atoms with van der Waals surface area (Å²) < 4.78 is 6.30. The van der Waals surface area contributed by atoms with Crippen molar-refractivity contribution in [3.63, 3.8) is 0 Å². The Bertz CT molecular complexity index is 903. The smallest absolute Gasteiger partial charge is 0.269 e. The van der Waals surface area contributed by atoms with Crippen LogP contribution >= 0.6 is 0 Å². The molecule has 0 aliphatic carbocycles. The number of amides is 1. The Morgan fingerprint density at radius 3 is 2.22 bits per heavy atom. The van der Waals surface area contributed by atoms with Gasteiger partial charge in [0.1, 0.15) is 5.75 Å². The fourth-order valence-corrected chi connectivity index (χ4v) is 3.27. The van der Waals surface area contributed by atoms with Crippen LogP contribution in [0, 0.1) is 10.1 Å². The van der Waals surface area contributed by atoms with Crippen LogP contribution in [0.3, 0.4) is 0 Å². The van der Waals surface area contributed by atoms with Crippen LogP contribution in [0.4, 0.5) is 5.69 Å². The monoisotopic (exact) mass is 368 g/mol. The van der Waals surface area contributed by atoms with Crippen molar-refractivity contribution in [1.82, 2.24) is 5.32 Å². The third-order valence-corrected chi connectivity index (χ3v) is 4.96. The third-order valence-electron chi connectivity index (χ3n) is 4.96. The molecule has 6 nitrogen and oxygen atoms in total. The number of hydrogen-bond acceptors (Lipinski definition) is 4. The van der Waals surface area contributed by atoms with Gasteiger partial charge in [0, 0.05) is 17.7 Å². The summed E-state index contributed by atoms with van der Waals surface area (Å²) in [6.07, 6.45) is 0. The molecule has 6 heteroatoms. The lowest BCUT2D eigenvalue weighted by atomic mass is 9.90. The Morgan fingerprint density at radius 2 is 1.70 bits per heavy atom. The van der Waals surface area contributed by atoms with Gasteiger partial charge < -0.3 is 10.1 Å². The second-order valence-electron chi connectivity index (χ2n) is 7.69. The van der Waals surface area contributed by atoms with Crippen molar-refractivity contribution < 1.29 is 14.5 Å². The van der Waals surface area contributed by atoms with Gasteiger partial charge in [-0.2, -0.15) is 0 Å².